The fourth-order valence-electron chi connectivity index (χ4n) is 4.22. The average Bonchev–Trinajstić information content (AvgIpc) is 3.12. The van der Waals surface area contributed by atoms with Gasteiger partial charge in [0.2, 0.25) is 0 Å². The van der Waals surface area contributed by atoms with Gasteiger partial charge in [-0.1, -0.05) is 0 Å². The Kier molecular flexibility index (Phi) is 16.3. The Hall–Kier alpha value is -3.67. The number of amides is 2. The van der Waals surface area contributed by atoms with Crippen molar-refractivity contribution in [3.63, 3.8) is 0 Å². The third-order valence-electron chi connectivity index (χ3n) is 8.60. The first-order valence-electron chi connectivity index (χ1n) is 15.6. The van der Waals surface area contributed by atoms with E-state index in [1.165, 1.54) is 0 Å². The van der Waals surface area contributed by atoms with Crippen molar-refractivity contribution in [1.29, 1.82) is 0 Å². The molecule has 0 bridgehead atoms. The average molecular weight is 1150 g/mol. The molecule has 0 aromatic carbocycles. The van der Waals surface area contributed by atoms with Crippen molar-refractivity contribution in [1.82, 2.24) is 10.6 Å². The van der Waals surface area contributed by atoms with Crippen LogP contribution in [0.25, 0.3) is 0 Å². The summed E-state index contributed by atoms with van der Waals surface area (Å²) in [5.74, 6) is -163. The highest BCUT2D eigenvalue weighted by Crippen LogP contribution is 2.68. The van der Waals surface area contributed by atoms with Crippen molar-refractivity contribution in [2.75, 3.05) is 13.1 Å². The van der Waals surface area contributed by atoms with E-state index in [0.717, 1.165) is 0 Å². The molecule has 0 saturated carbocycles. The molecule has 0 aromatic heterocycles. The monoisotopic (exact) mass is 1150 g/mol. The molecular formula is C25H10F42N2O. The second-order valence-corrected chi connectivity index (χ2v) is 13.3. The molecule has 0 unspecified atom stereocenters. The number of carbonyl (C=O) groups is 1. The van der Waals surface area contributed by atoms with E-state index in [9.17, 15) is 189 Å². The van der Waals surface area contributed by atoms with Crippen LogP contribution < -0.4 is 10.6 Å². The van der Waals surface area contributed by atoms with E-state index in [2.05, 4.69) is 0 Å². The van der Waals surface area contributed by atoms with E-state index in [0.29, 0.717) is 10.6 Å². The van der Waals surface area contributed by atoms with Crippen LogP contribution in [0.3, 0.4) is 0 Å². The second kappa shape index (κ2) is 17.2. The lowest BCUT2D eigenvalue weighted by molar-refractivity contribution is -0.474. The second-order valence-electron chi connectivity index (χ2n) is 13.3. The molecule has 0 saturated heterocycles. The molecule has 70 heavy (non-hydrogen) atoms. The van der Waals surface area contributed by atoms with Crippen LogP contribution in [0.5, 0.6) is 0 Å². The maximum absolute atomic E-state index is 14.0. The lowest BCUT2D eigenvalue weighted by Crippen LogP contribution is -2.76. The molecule has 0 aliphatic carbocycles. The third kappa shape index (κ3) is 8.69. The minimum Gasteiger partial charge on any atom is -0.338 e. The summed E-state index contributed by atoms with van der Waals surface area (Å²) >= 11 is 0. The highest BCUT2D eigenvalue weighted by atomic mass is 19.5. The summed E-state index contributed by atoms with van der Waals surface area (Å²) in [7, 11) is 0. The van der Waals surface area contributed by atoms with Gasteiger partial charge in [0, 0.05) is 25.9 Å². The van der Waals surface area contributed by atoms with E-state index >= 15 is 0 Å². The summed E-state index contributed by atoms with van der Waals surface area (Å²) < 4.78 is 564. The van der Waals surface area contributed by atoms with E-state index in [1.54, 1.807) is 0 Å². The molecule has 0 aliphatic rings. The van der Waals surface area contributed by atoms with Gasteiger partial charge in [-0.15, -0.1) is 0 Å². The predicted molar refractivity (Wildman–Crippen MR) is 132 cm³/mol. The molecule has 0 aliphatic heterocycles. The Morgan fingerprint density at radius 2 is 0.343 bits per heavy atom. The van der Waals surface area contributed by atoms with Gasteiger partial charge in [-0.05, 0) is 0 Å². The molecule has 0 fully saturated rings. The number of halogens is 42. The van der Waals surface area contributed by atoms with Crippen molar-refractivity contribution in [3.8, 4) is 0 Å². The molecule has 3 nitrogen and oxygen atoms in total. The Balaban J connectivity index is 6.50. The third-order valence-corrected chi connectivity index (χ3v) is 8.60. The van der Waals surface area contributed by atoms with Crippen molar-refractivity contribution in [2.24, 2.45) is 0 Å². The first-order valence-corrected chi connectivity index (χ1v) is 15.6. The number of hydrogen-bond donors (Lipinski definition) is 2. The predicted octanol–water partition coefficient (Wildman–Crippen LogP) is 13.6. The van der Waals surface area contributed by atoms with Crippen LogP contribution in [0, 0.1) is 0 Å². The SMILES string of the molecule is O=C(NCCC(F)(F)C(F)(F)C(F)(F)C(F)(F)C(F)(F)C(F)(F)C(F)(F)C(F)(F)C(F)(F)C(F)(F)F)NCCC(F)(F)C(F)(F)C(F)(F)C(F)(F)C(F)(F)C(F)(F)C(F)(F)C(F)(F)C(F)(F)C(F)(F)F. The van der Waals surface area contributed by atoms with Gasteiger partial charge < -0.3 is 10.6 Å². The smallest absolute Gasteiger partial charge is 0.338 e. The number of rotatable bonds is 22. The quantitative estimate of drug-likeness (QED) is 0.104. The van der Waals surface area contributed by atoms with Gasteiger partial charge in [-0.3, -0.25) is 0 Å². The van der Waals surface area contributed by atoms with Crippen molar-refractivity contribution in [2.45, 2.75) is 132 Å². The molecule has 0 aromatic rings. The lowest BCUT2D eigenvalue weighted by atomic mass is 9.86. The first kappa shape index (κ1) is 66.3. The summed E-state index contributed by atoms with van der Waals surface area (Å²) in [6.45, 7) is -5.70. The fraction of sp³-hybridized carbons (Fsp3) is 0.960. The van der Waals surface area contributed by atoms with Gasteiger partial charge in [-0.2, -0.15) is 184 Å². The van der Waals surface area contributed by atoms with Crippen LogP contribution in [0.2, 0.25) is 0 Å². The van der Waals surface area contributed by atoms with E-state index in [4.69, 9.17) is 0 Å². The van der Waals surface area contributed by atoms with Crippen molar-refractivity contribution in [3.05, 3.63) is 0 Å². The summed E-state index contributed by atoms with van der Waals surface area (Å²) in [5.41, 5.74) is 0. The topological polar surface area (TPSA) is 41.1 Å². The Bertz CT molecular complexity index is 1720. The van der Waals surface area contributed by atoms with Crippen LogP contribution in [-0.4, -0.2) is 138 Å². The maximum Gasteiger partial charge on any atom is 0.460 e. The Morgan fingerprint density at radius 3 is 0.486 bits per heavy atom. The van der Waals surface area contributed by atoms with Crippen LogP contribution in [-0.2, 0) is 0 Å². The molecule has 0 atom stereocenters. The standard InChI is InChI=1S/C25H10F42N2O/c26-6(27,8(30,31)10(34,35)12(38,39)14(42,43)16(46,47)18(50,51)20(54,55)22(58,59)24(62,63)64)1-3-68-5(70)69-4-2-7(28,29)9(32,33)11(36,37)13(40,41)15(44,45)17(48,49)19(52,53)21(56,57)23(60,61)25(65,66)67/h1-4H2,(H2,68,69,70). The molecule has 420 valence electrons. The number of alkyl halides is 42. The number of urea groups is 1. The van der Waals surface area contributed by atoms with E-state index in [-0.39, 0.29) is 0 Å². The van der Waals surface area contributed by atoms with Gasteiger partial charge in [0.05, 0.1) is 0 Å². The number of hydrogen-bond acceptors (Lipinski definition) is 1. The Morgan fingerprint density at radius 1 is 0.214 bits per heavy atom. The van der Waals surface area contributed by atoms with E-state index < -0.39 is 151 Å². The highest BCUT2D eigenvalue weighted by Gasteiger charge is 3.00. The van der Waals surface area contributed by atoms with Gasteiger partial charge in [0.1, 0.15) is 0 Å². The zero-order valence-electron chi connectivity index (χ0n) is 30.6. The minimum atomic E-state index is -9.60. The summed E-state index contributed by atoms with van der Waals surface area (Å²) in [6.07, 6.45) is -24.0. The molecule has 45 heteroatoms. The van der Waals surface area contributed by atoms with Crippen molar-refractivity contribution >= 4 is 6.03 Å². The molecule has 0 rings (SSSR count). The van der Waals surface area contributed by atoms with Crippen LogP contribution in [0.15, 0.2) is 0 Å². The number of nitrogens with one attached hydrogen (secondary N) is 2. The number of carbonyl (C=O) groups excluding carboxylic acids is 1. The van der Waals surface area contributed by atoms with Crippen LogP contribution >= 0.6 is 0 Å². The normalized spacial score (nSPS) is 16.7. The van der Waals surface area contributed by atoms with Gasteiger partial charge in [0.25, 0.3) is 0 Å². The lowest BCUT2D eigenvalue weighted by Gasteiger charge is -2.44. The first-order chi connectivity index (χ1) is 29.6. The van der Waals surface area contributed by atoms with Crippen molar-refractivity contribution < 1.29 is 189 Å². The van der Waals surface area contributed by atoms with Gasteiger partial charge in [0.15, 0.2) is 0 Å². The molecule has 0 heterocycles. The Labute approximate surface area is 352 Å². The zero-order chi connectivity index (χ0) is 57.8. The maximum atomic E-state index is 14.0. The zero-order valence-corrected chi connectivity index (χ0v) is 30.6. The molecule has 2 N–H and O–H groups in total. The van der Waals surface area contributed by atoms with E-state index in [1.807, 2.05) is 0 Å². The highest BCUT2D eigenvalue weighted by molar-refractivity contribution is 5.73. The minimum absolute atomic E-state index is 0.332. The largest absolute Gasteiger partial charge is 0.460 e. The molecular weight excluding hydrogens is 1140 g/mol. The summed E-state index contributed by atoms with van der Waals surface area (Å²) in [4.78, 5) is 11.4. The van der Waals surface area contributed by atoms with Crippen LogP contribution in [0.4, 0.5) is 189 Å². The van der Waals surface area contributed by atoms with Gasteiger partial charge in [-0.25, -0.2) is 4.79 Å². The fourth-order valence-corrected chi connectivity index (χ4v) is 4.22. The molecule has 0 radical (unpaired) electrons. The summed E-state index contributed by atoms with van der Waals surface area (Å²) in [6, 6.07) is -2.91. The molecule has 0 spiro atoms. The molecule has 2 amide bonds. The van der Waals surface area contributed by atoms with Crippen LogP contribution in [0.1, 0.15) is 12.8 Å². The summed E-state index contributed by atoms with van der Waals surface area (Å²) in [5, 5.41) is 0.664. The van der Waals surface area contributed by atoms with Gasteiger partial charge >= 0.3 is 125 Å².